The van der Waals surface area contributed by atoms with Crippen LogP contribution >= 0.6 is 0 Å². The monoisotopic (exact) mass is 380 g/mol. The van der Waals surface area contributed by atoms with E-state index in [1.165, 1.54) is 13.2 Å². The second kappa shape index (κ2) is 7.72. The third kappa shape index (κ3) is 3.69. The Kier molecular flexibility index (Phi) is 4.97. The standard InChI is InChI=1S/C21H18F2N4O/c1-28-21-14(10-16(22)12-26-21)5-7-17-6-4-13(19(23)27-17)9-15-11-25-20-18(15)3-2-8-24-20/h2-4,6,8,10-12H,5,7,9H2,1H3,(H,24,25). The van der Waals surface area contributed by atoms with Crippen molar-refractivity contribution in [2.75, 3.05) is 7.11 Å². The first-order chi connectivity index (χ1) is 13.6. The van der Waals surface area contributed by atoms with Crippen molar-refractivity contribution in [1.29, 1.82) is 0 Å². The van der Waals surface area contributed by atoms with Gasteiger partial charge in [0, 0.05) is 41.0 Å². The van der Waals surface area contributed by atoms with E-state index in [1.54, 1.807) is 18.3 Å². The molecule has 4 aromatic rings. The van der Waals surface area contributed by atoms with Gasteiger partial charge in [0.2, 0.25) is 11.8 Å². The second-order valence-electron chi connectivity index (χ2n) is 6.46. The fourth-order valence-electron chi connectivity index (χ4n) is 3.23. The zero-order valence-electron chi connectivity index (χ0n) is 15.2. The molecule has 4 aromatic heterocycles. The van der Waals surface area contributed by atoms with E-state index in [-0.39, 0.29) is 0 Å². The Morgan fingerprint density at radius 3 is 2.75 bits per heavy atom. The van der Waals surface area contributed by atoms with Crippen molar-refractivity contribution in [3.63, 3.8) is 0 Å². The maximum absolute atomic E-state index is 14.5. The van der Waals surface area contributed by atoms with Crippen molar-refractivity contribution >= 4 is 11.0 Å². The molecule has 0 saturated carbocycles. The third-order valence-electron chi connectivity index (χ3n) is 4.64. The van der Waals surface area contributed by atoms with E-state index in [0.717, 1.165) is 22.8 Å². The molecular weight excluding hydrogens is 362 g/mol. The van der Waals surface area contributed by atoms with Gasteiger partial charge in [-0.3, -0.25) is 0 Å². The van der Waals surface area contributed by atoms with Gasteiger partial charge in [0.25, 0.3) is 0 Å². The smallest absolute Gasteiger partial charge is 0.216 e. The molecule has 142 valence electrons. The van der Waals surface area contributed by atoms with E-state index < -0.39 is 11.8 Å². The number of halogens is 2. The first-order valence-corrected chi connectivity index (χ1v) is 8.87. The summed E-state index contributed by atoms with van der Waals surface area (Å²) in [5.41, 5.74) is 3.47. The van der Waals surface area contributed by atoms with Gasteiger partial charge in [-0.15, -0.1) is 0 Å². The predicted octanol–water partition coefficient (Wildman–Crippen LogP) is 4.02. The van der Waals surface area contributed by atoms with Crippen molar-refractivity contribution in [1.82, 2.24) is 19.9 Å². The molecule has 0 radical (unpaired) electrons. The van der Waals surface area contributed by atoms with Crippen molar-refractivity contribution in [3.8, 4) is 5.88 Å². The largest absolute Gasteiger partial charge is 0.481 e. The van der Waals surface area contributed by atoms with E-state index >= 15 is 0 Å². The van der Waals surface area contributed by atoms with Crippen LogP contribution in [0.4, 0.5) is 8.78 Å². The molecule has 0 aliphatic heterocycles. The third-order valence-corrected chi connectivity index (χ3v) is 4.64. The second-order valence-corrected chi connectivity index (χ2v) is 6.46. The summed E-state index contributed by atoms with van der Waals surface area (Å²) in [6, 6.07) is 8.72. The van der Waals surface area contributed by atoms with Crippen LogP contribution in [0.2, 0.25) is 0 Å². The molecule has 5 nitrogen and oxygen atoms in total. The van der Waals surface area contributed by atoms with Gasteiger partial charge in [-0.25, -0.2) is 19.3 Å². The van der Waals surface area contributed by atoms with E-state index in [2.05, 4.69) is 19.9 Å². The van der Waals surface area contributed by atoms with Crippen LogP contribution in [-0.4, -0.2) is 27.0 Å². The predicted molar refractivity (Wildman–Crippen MR) is 101 cm³/mol. The van der Waals surface area contributed by atoms with Gasteiger partial charge in [-0.1, -0.05) is 6.07 Å². The molecule has 4 heterocycles. The highest BCUT2D eigenvalue weighted by atomic mass is 19.1. The quantitative estimate of drug-likeness (QED) is 0.513. The van der Waals surface area contributed by atoms with Gasteiger partial charge in [0.15, 0.2) is 0 Å². The number of nitrogens with one attached hydrogen (secondary N) is 1. The summed E-state index contributed by atoms with van der Waals surface area (Å²) in [6.45, 7) is 0. The summed E-state index contributed by atoms with van der Waals surface area (Å²) < 4.78 is 33.1. The zero-order valence-corrected chi connectivity index (χ0v) is 15.2. The Bertz CT molecular complexity index is 1130. The highest BCUT2D eigenvalue weighted by Gasteiger charge is 2.12. The molecule has 0 fully saturated rings. The molecule has 0 saturated heterocycles. The molecule has 0 bridgehead atoms. The Balaban J connectivity index is 1.50. The van der Waals surface area contributed by atoms with Gasteiger partial charge in [0.05, 0.1) is 13.3 Å². The lowest BCUT2D eigenvalue weighted by Gasteiger charge is -2.08. The minimum atomic E-state index is -0.500. The molecule has 4 rings (SSSR count). The maximum atomic E-state index is 14.5. The summed E-state index contributed by atoms with van der Waals surface area (Å²) in [6.07, 6.45) is 5.99. The number of aromatic amines is 1. The average molecular weight is 380 g/mol. The van der Waals surface area contributed by atoms with E-state index in [1.807, 2.05) is 18.3 Å². The SMILES string of the molecule is COc1ncc(F)cc1CCc1ccc(Cc2c[nH]c3ncccc23)c(F)n1. The molecule has 0 amide bonds. The average Bonchev–Trinajstić information content (AvgIpc) is 3.11. The van der Waals surface area contributed by atoms with E-state index in [0.29, 0.717) is 42.0 Å². The lowest BCUT2D eigenvalue weighted by Crippen LogP contribution is -2.03. The number of H-pyrrole nitrogens is 1. The number of methoxy groups -OCH3 is 1. The molecule has 0 aliphatic carbocycles. The Hall–Kier alpha value is -3.35. The molecule has 28 heavy (non-hydrogen) atoms. The van der Waals surface area contributed by atoms with Crippen LogP contribution in [0.25, 0.3) is 11.0 Å². The summed E-state index contributed by atoms with van der Waals surface area (Å²) in [7, 11) is 1.48. The highest BCUT2D eigenvalue weighted by Crippen LogP contribution is 2.21. The molecule has 0 atom stereocenters. The first kappa shape index (κ1) is 18.0. The zero-order chi connectivity index (χ0) is 19.5. The number of rotatable bonds is 6. The van der Waals surface area contributed by atoms with Gasteiger partial charge in [0.1, 0.15) is 11.5 Å². The van der Waals surface area contributed by atoms with Crippen LogP contribution in [0.15, 0.2) is 48.9 Å². The molecule has 0 aliphatic rings. The van der Waals surface area contributed by atoms with Crippen molar-refractivity contribution in [2.45, 2.75) is 19.3 Å². The highest BCUT2D eigenvalue weighted by molar-refractivity contribution is 5.79. The summed E-state index contributed by atoms with van der Waals surface area (Å²) >= 11 is 0. The Morgan fingerprint density at radius 2 is 1.93 bits per heavy atom. The van der Waals surface area contributed by atoms with Gasteiger partial charge in [-0.05, 0) is 42.7 Å². The number of pyridine rings is 3. The van der Waals surface area contributed by atoms with Crippen molar-refractivity contribution in [2.24, 2.45) is 0 Å². The van der Waals surface area contributed by atoms with Crippen LogP contribution in [0.5, 0.6) is 5.88 Å². The maximum Gasteiger partial charge on any atom is 0.216 e. The number of ether oxygens (including phenoxy) is 1. The van der Waals surface area contributed by atoms with E-state index in [4.69, 9.17) is 4.74 Å². The molecule has 0 spiro atoms. The Morgan fingerprint density at radius 1 is 1.04 bits per heavy atom. The van der Waals surface area contributed by atoms with E-state index in [9.17, 15) is 8.78 Å². The Labute approximate surface area is 160 Å². The molecule has 1 N–H and O–H groups in total. The van der Waals surface area contributed by atoms with Crippen LogP contribution < -0.4 is 4.74 Å². The molecule has 7 heteroatoms. The summed E-state index contributed by atoms with van der Waals surface area (Å²) in [4.78, 5) is 15.3. The number of hydrogen-bond donors (Lipinski definition) is 1. The number of aromatic nitrogens is 4. The van der Waals surface area contributed by atoms with Crippen molar-refractivity contribution < 1.29 is 13.5 Å². The van der Waals surface area contributed by atoms with Gasteiger partial charge < -0.3 is 9.72 Å². The van der Waals surface area contributed by atoms with Crippen LogP contribution in [0.3, 0.4) is 0 Å². The van der Waals surface area contributed by atoms with Crippen LogP contribution in [-0.2, 0) is 19.3 Å². The molecule has 0 aromatic carbocycles. The normalized spacial score (nSPS) is 11.1. The fourth-order valence-corrected chi connectivity index (χ4v) is 3.23. The lowest BCUT2D eigenvalue weighted by atomic mass is 10.0. The van der Waals surface area contributed by atoms with Crippen LogP contribution in [0, 0.1) is 11.8 Å². The number of hydrogen-bond acceptors (Lipinski definition) is 4. The number of fused-ring (bicyclic) bond motifs is 1. The van der Waals surface area contributed by atoms with Crippen molar-refractivity contribution in [3.05, 3.63) is 83.1 Å². The number of nitrogens with zero attached hydrogens (tertiary/aromatic N) is 3. The topological polar surface area (TPSA) is 63.7 Å². The minimum Gasteiger partial charge on any atom is -0.481 e. The fraction of sp³-hybridized carbons (Fsp3) is 0.190. The van der Waals surface area contributed by atoms with Gasteiger partial charge >= 0.3 is 0 Å². The van der Waals surface area contributed by atoms with Gasteiger partial charge in [-0.2, -0.15) is 4.39 Å². The summed E-state index contributed by atoms with van der Waals surface area (Å²) in [5.74, 6) is -0.565. The number of aryl methyl sites for hydroxylation is 2. The molecular formula is C21H18F2N4O. The lowest BCUT2D eigenvalue weighted by molar-refractivity contribution is 0.390. The molecule has 0 unspecified atom stereocenters. The minimum absolute atomic E-state index is 0.367. The summed E-state index contributed by atoms with van der Waals surface area (Å²) in [5, 5.41) is 0.969. The first-order valence-electron chi connectivity index (χ1n) is 8.87. The van der Waals surface area contributed by atoms with Crippen LogP contribution in [0.1, 0.15) is 22.4 Å².